The van der Waals surface area contributed by atoms with E-state index in [2.05, 4.69) is 44.7 Å². The fourth-order valence-electron chi connectivity index (χ4n) is 6.09. The molecule has 0 N–H and O–H groups in total. The summed E-state index contributed by atoms with van der Waals surface area (Å²) in [6.45, 7) is 16.7. The van der Waals surface area contributed by atoms with E-state index in [1.807, 2.05) is 13.8 Å². The Kier molecular flexibility index (Phi) is 8.04. The molecular formula is C24H48N2. The van der Waals surface area contributed by atoms with Crippen molar-refractivity contribution in [3.05, 3.63) is 0 Å². The van der Waals surface area contributed by atoms with Crippen LogP contribution in [-0.2, 0) is 0 Å². The van der Waals surface area contributed by atoms with Gasteiger partial charge in [-0.05, 0) is 81.5 Å². The quantitative estimate of drug-likeness (QED) is 0.526. The first-order valence-electron chi connectivity index (χ1n) is 11.7. The molecule has 4 aliphatic carbocycles. The summed E-state index contributed by atoms with van der Waals surface area (Å²) >= 11 is 0. The second-order valence-corrected chi connectivity index (χ2v) is 10.8. The van der Waals surface area contributed by atoms with E-state index in [-0.39, 0.29) is 0 Å². The van der Waals surface area contributed by atoms with Gasteiger partial charge in [0.25, 0.3) is 0 Å². The fraction of sp³-hybridized carbons (Fsp3) is 1.00. The summed E-state index contributed by atoms with van der Waals surface area (Å²) in [6, 6.07) is 0. The Balaban J connectivity index is 0.000000142. The van der Waals surface area contributed by atoms with Gasteiger partial charge in [0.2, 0.25) is 0 Å². The summed E-state index contributed by atoms with van der Waals surface area (Å²) in [5.41, 5.74) is 1.43. The van der Waals surface area contributed by atoms with Gasteiger partial charge in [-0.3, -0.25) is 0 Å². The van der Waals surface area contributed by atoms with Crippen molar-refractivity contribution in [3.8, 4) is 0 Å². The first-order chi connectivity index (χ1) is 12.3. The Morgan fingerprint density at radius 2 is 1.27 bits per heavy atom. The molecule has 0 aromatic heterocycles. The largest absolute Gasteiger partial charge is 0.306 e. The molecule has 0 amide bonds. The molecule has 2 saturated heterocycles. The minimum absolute atomic E-state index is 0.591. The third kappa shape index (κ3) is 5.47. The van der Waals surface area contributed by atoms with Crippen LogP contribution in [0, 0.1) is 28.6 Å². The standard InChI is InChI=1S/C11H20.C7H13N.C4H9N.C2H6/c1-11(2,3)10-8-5-4-6-9(10)7-8;1-8-5-7(6-8)3-2-4-7;1-5-3-2-4-5;1-2/h8-10H,4-7H2,1-3H3;2-6H2,1H3;2-4H2,1H3;1-2H3/t8-,9?,10?;;;/m0.../s1. The number of hydrogen-bond donors (Lipinski definition) is 0. The molecule has 0 aromatic carbocycles. The monoisotopic (exact) mass is 364 g/mol. The normalized spacial score (nSPS) is 34.0. The van der Waals surface area contributed by atoms with Crippen LogP contribution in [0.3, 0.4) is 0 Å². The first kappa shape index (κ1) is 22.2. The summed E-state index contributed by atoms with van der Waals surface area (Å²) in [5, 5.41) is 0. The summed E-state index contributed by atoms with van der Waals surface area (Å²) in [7, 11) is 4.35. The molecule has 26 heavy (non-hydrogen) atoms. The highest BCUT2D eigenvalue weighted by atomic mass is 15.2. The highest BCUT2D eigenvalue weighted by Crippen LogP contribution is 2.57. The summed E-state index contributed by atoms with van der Waals surface area (Å²) in [5.74, 6) is 3.28. The van der Waals surface area contributed by atoms with Crippen LogP contribution in [0.15, 0.2) is 0 Å². The minimum atomic E-state index is 0.591. The molecular weight excluding hydrogens is 316 g/mol. The molecule has 6 aliphatic rings. The summed E-state index contributed by atoms with van der Waals surface area (Å²) in [4.78, 5) is 4.72. The Morgan fingerprint density at radius 3 is 1.42 bits per heavy atom. The molecule has 6 fully saturated rings. The van der Waals surface area contributed by atoms with Crippen LogP contribution < -0.4 is 0 Å². The zero-order valence-electron chi connectivity index (χ0n) is 19.1. The van der Waals surface area contributed by atoms with Crippen LogP contribution in [0.5, 0.6) is 0 Å². The maximum absolute atomic E-state index is 2.42. The van der Waals surface area contributed by atoms with E-state index in [1.165, 1.54) is 71.1 Å². The molecule has 0 radical (unpaired) electrons. The molecule has 2 nitrogen and oxygen atoms in total. The number of nitrogens with zero attached hydrogens (tertiary/aromatic N) is 2. The Morgan fingerprint density at radius 1 is 0.769 bits per heavy atom. The minimum Gasteiger partial charge on any atom is -0.306 e. The van der Waals surface area contributed by atoms with Crippen molar-refractivity contribution in [2.24, 2.45) is 28.6 Å². The van der Waals surface area contributed by atoms with Gasteiger partial charge in [0.05, 0.1) is 0 Å². The van der Waals surface area contributed by atoms with E-state index in [1.54, 1.807) is 6.42 Å². The molecule has 1 spiro atoms. The molecule has 0 aromatic rings. The topological polar surface area (TPSA) is 6.48 Å². The van der Waals surface area contributed by atoms with Crippen LogP contribution in [0.2, 0.25) is 0 Å². The Bertz CT molecular complexity index is 381. The number of rotatable bonds is 0. The molecule has 154 valence electrons. The maximum atomic E-state index is 2.42. The van der Waals surface area contributed by atoms with E-state index in [4.69, 9.17) is 0 Å². The first-order valence-corrected chi connectivity index (χ1v) is 11.7. The lowest BCUT2D eigenvalue weighted by molar-refractivity contribution is -0.0583. The Hall–Kier alpha value is -0.0800. The zero-order valence-corrected chi connectivity index (χ0v) is 19.1. The van der Waals surface area contributed by atoms with Crippen LogP contribution in [-0.4, -0.2) is 50.1 Å². The third-order valence-corrected chi connectivity index (χ3v) is 7.48. The van der Waals surface area contributed by atoms with Crippen LogP contribution >= 0.6 is 0 Å². The van der Waals surface area contributed by atoms with Crippen LogP contribution in [0.1, 0.15) is 86.0 Å². The lowest BCUT2D eigenvalue weighted by Crippen LogP contribution is -2.57. The smallest absolute Gasteiger partial charge is 0.00474 e. The lowest BCUT2D eigenvalue weighted by Gasteiger charge is -2.55. The average molecular weight is 365 g/mol. The van der Waals surface area contributed by atoms with E-state index >= 15 is 0 Å². The molecule has 2 aliphatic heterocycles. The lowest BCUT2D eigenvalue weighted by atomic mass is 9.50. The Labute approximate surface area is 165 Å². The van der Waals surface area contributed by atoms with Gasteiger partial charge in [-0.2, -0.15) is 0 Å². The molecule has 2 heteroatoms. The van der Waals surface area contributed by atoms with Crippen LogP contribution in [0.25, 0.3) is 0 Å². The van der Waals surface area contributed by atoms with Crippen molar-refractivity contribution in [2.45, 2.75) is 86.0 Å². The third-order valence-electron chi connectivity index (χ3n) is 7.48. The highest BCUT2D eigenvalue weighted by Gasteiger charge is 2.48. The second kappa shape index (κ2) is 9.41. The van der Waals surface area contributed by atoms with Gasteiger partial charge >= 0.3 is 0 Å². The van der Waals surface area contributed by atoms with E-state index < -0.39 is 0 Å². The van der Waals surface area contributed by atoms with E-state index in [0.717, 1.165) is 23.2 Å². The number of fused-ring (bicyclic) bond motifs is 2. The summed E-state index contributed by atoms with van der Waals surface area (Å²) < 4.78 is 0. The van der Waals surface area contributed by atoms with Crippen molar-refractivity contribution in [2.75, 3.05) is 40.3 Å². The van der Waals surface area contributed by atoms with Gasteiger partial charge in [-0.1, -0.05) is 60.3 Å². The predicted octanol–water partition coefficient (Wildman–Crippen LogP) is 5.92. The van der Waals surface area contributed by atoms with Gasteiger partial charge in [-0.25, -0.2) is 0 Å². The van der Waals surface area contributed by atoms with E-state index in [0.29, 0.717) is 5.41 Å². The number of hydrogen-bond acceptors (Lipinski definition) is 2. The molecule has 2 heterocycles. The predicted molar refractivity (Wildman–Crippen MR) is 116 cm³/mol. The van der Waals surface area contributed by atoms with Crippen molar-refractivity contribution < 1.29 is 0 Å². The molecule has 2 bridgehead atoms. The fourth-order valence-corrected chi connectivity index (χ4v) is 6.09. The summed E-state index contributed by atoms with van der Waals surface area (Å²) in [6.07, 6.45) is 12.1. The van der Waals surface area contributed by atoms with Crippen LogP contribution in [0.4, 0.5) is 0 Å². The maximum Gasteiger partial charge on any atom is 0.00474 e. The zero-order chi connectivity index (χ0) is 19.4. The van der Waals surface area contributed by atoms with Gasteiger partial charge < -0.3 is 9.80 Å². The molecule has 2 unspecified atom stereocenters. The van der Waals surface area contributed by atoms with Gasteiger partial charge in [0, 0.05) is 13.1 Å². The van der Waals surface area contributed by atoms with Gasteiger partial charge in [-0.15, -0.1) is 0 Å². The number of likely N-dealkylation sites (tertiary alicyclic amines) is 2. The average Bonchev–Trinajstić information content (AvgIpc) is 2.50. The van der Waals surface area contributed by atoms with E-state index in [9.17, 15) is 0 Å². The SMILES string of the molecule is CC.CC(C)(C)C1C2CCC[C@H]1C2.CN1CC2(CCC2)C1.CN1CCC1. The van der Waals surface area contributed by atoms with Crippen molar-refractivity contribution >= 4 is 0 Å². The highest BCUT2D eigenvalue weighted by molar-refractivity contribution is 4.99. The van der Waals surface area contributed by atoms with Gasteiger partial charge in [0.1, 0.15) is 0 Å². The van der Waals surface area contributed by atoms with Crippen molar-refractivity contribution in [1.29, 1.82) is 0 Å². The van der Waals surface area contributed by atoms with Crippen molar-refractivity contribution in [3.63, 3.8) is 0 Å². The molecule has 4 saturated carbocycles. The van der Waals surface area contributed by atoms with Gasteiger partial charge in [0.15, 0.2) is 0 Å². The molecule has 3 atom stereocenters. The van der Waals surface area contributed by atoms with Crippen molar-refractivity contribution in [1.82, 2.24) is 9.80 Å². The second-order valence-electron chi connectivity index (χ2n) is 10.8. The molecule has 6 rings (SSSR count).